The van der Waals surface area contributed by atoms with Gasteiger partial charge in [-0.15, -0.1) is 0 Å². The summed E-state index contributed by atoms with van der Waals surface area (Å²) in [5, 5.41) is 0. The first-order chi connectivity index (χ1) is 12.8. The molecule has 5 heterocycles. The van der Waals surface area contributed by atoms with Gasteiger partial charge in [-0.1, -0.05) is 0 Å². The number of carbonyl (C=O) groups excluding carboxylic acids is 1. The minimum absolute atomic E-state index is 0.640. The van der Waals surface area contributed by atoms with E-state index in [0.29, 0.717) is 5.56 Å². The lowest BCUT2D eigenvalue weighted by Crippen LogP contribution is -1.90. The van der Waals surface area contributed by atoms with Gasteiger partial charge in [0, 0.05) is 33.6 Å². The van der Waals surface area contributed by atoms with Crippen molar-refractivity contribution in [3.8, 4) is 0 Å². The number of H-pyrrole nitrogens is 2. The van der Waals surface area contributed by atoms with E-state index in [9.17, 15) is 4.79 Å². The Morgan fingerprint density at radius 3 is 2.00 bits per heavy atom. The summed E-state index contributed by atoms with van der Waals surface area (Å²) in [4.78, 5) is 27.9. The fraction of sp³-hybridized carbons (Fsp3) is 0.190. The largest absolute Gasteiger partial charge is 0.355 e. The van der Waals surface area contributed by atoms with Gasteiger partial charge in [0.15, 0.2) is 6.29 Å². The molecule has 0 aliphatic carbocycles. The number of aldehydes is 1. The van der Waals surface area contributed by atoms with E-state index in [2.05, 4.69) is 40.3 Å². The lowest BCUT2D eigenvalue weighted by atomic mass is 10.1. The molecular weight excluding hydrogens is 324 g/mol. The number of hydrogen-bond acceptors (Lipinski definition) is 3. The van der Waals surface area contributed by atoms with Gasteiger partial charge in [0.05, 0.1) is 16.8 Å². The average Bonchev–Trinajstić information content (AvgIpc) is 3.39. The lowest BCUT2D eigenvalue weighted by Gasteiger charge is -1.93. The number of rotatable bonds is 1. The van der Waals surface area contributed by atoms with Crippen molar-refractivity contribution in [1.29, 1.82) is 0 Å². The third kappa shape index (κ3) is 2.71. The molecule has 0 spiro atoms. The summed E-state index contributed by atoms with van der Waals surface area (Å²) < 4.78 is 0. The van der Waals surface area contributed by atoms with Crippen LogP contribution in [-0.4, -0.2) is 26.2 Å². The quantitative estimate of drug-likeness (QED) is 0.662. The SMILES string of the molecule is O=Cc1c2nc(cc3ccc(cc4nc(cc5ccc1[nH]5)CC4)[nH]3)CC2. The molecule has 2 aliphatic rings. The first-order valence-corrected chi connectivity index (χ1v) is 8.89. The molecule has 0 atom stereocenters. The number of fused-ring (bicyclic) bond motifs is 8. The average molecular weight is 342 g/mol. The second kappa shape index (κ2) is 5.95. The summed E-state index contributed by atoms with van der Waals surface area (Å²) in [7, 11) is 0. The third-order valence-electron chi connectivity index (χ3n) is 4.95. The topological polar surface area (TPSA) is 74.4 Å². The van der Waals surface area contributed by atoms with Crippen LogP contribution in [-0.2, 0) is 25.7 Å². The molecule has 0 amide bonds. The highest BCUT2D eigenvalue weighted by Crippen LogP contribution is 2.19. The minimum Gasteiger partial charge on any atom is -0.355 e. The summed E-state index contributed by atoms with van der Waals surface area (Å²) in [5.41, 5.74) is 8.46. The van der Waals surface area contributed by atoms with Crippen molar-refractivity contribution in [3.63, 3.8) is 0 Å². The molecule has 5 nitrogen and oxygen atoms in total. The van der Waals surface area contributed by atoms with Crippen LogP contribution in [0.2, 0.25) is 0 Å². The summed E-state index contributed by atoms with van der Waals surface area (Å²) >= 11 is 0. The van der Waals surface area contributed by atoms with E-state index >= 15 is 0 Å². The van der Waals surface area contributed by atoms with Gasteiger partial charge in [-0.3, -0.25) is 14.8 Å². The number of carbonyl (C=O) groups is 1. The molecule has 128 valence electrons. The number of aryl methyl sites for hydroxylation is 4. The minimum atomic E-state index is 0.640. The number of aromatic nitrogens is 4. The molecule has 5 heteroatoms. The smallest absolute Gasteiger partial charge is 0.153 e. The van der Waals surface area contributed by atoms with E-state index in [1.807, 2.05) is 12.1 Å². The molecule has 0 aromatic carbocycles. The highest BCUT2D eigenvalue weighted by molar-refractivity contribution is 5.88. The van der Waals surface area contributed by atoms with Crippen LogP contribution in [0.5, 0.6) is 0 Å². The Labute approximate surface area is 150 Å². The van der Waals surface area contributed by atoms with E-state index in [1.54, 1.807) is 0 Å². The van der Waals surface area contributed by atoms with Gasteiger partial charge in [0.25, 0.3) is 0 Å². The number of nitrogens with one attached hydrogen (secondary N) is 2. The highest BCUT2D eigenvalue weighted by atomic mass is 16.1. The maximum atomic E-state index is 11.7. The first-order valence-electron chi connectivity index (χ1n) is 8.89. The van der Waals surface area contributed by atoms with Crippen LogP contribution in [0.25, 0.3) is 22.1 Å². The van der Waals surface area contributed by atoms with Crippen molar-refractivity contribution in [2.75, 3.05) is 0 Å². The van der Waals surface area contributed by atoms with Crippen LogP contribution < -0.4 is 0 Å². The highest BCUT2D eigenvalue weighted by Gasteiger charge is 2.12. The predicted octanol–water partition coefficient (Wildman–Crippen LogP) is 3.70. The van der Waals surface area contributed by atoms with E-state index in [-0.39, 0.29) is 0 Å². The Hall–Kier alpha value is -3.21. The van der Waals surface area contributed by atoms with Crippen LogP contribution in [0.3, 0.4) is 0 Å². The normalized spacial score (nSPS) is 13.7. The summed E-state index contributed by atoms with van der Waals surface area (Å²) in [6.45, 7) is 0. The van der Waals surface area contributed by atoms with Gasteiger partial charge in [-0.05, 0) is 68.1 Å². The molecule has 0 saturated carbocycles. The van der Waals surface area contributed by atoms with E-state index in [1.165, 1.54) is 0 Å². The van der Waals surface area contributed by atoms with Crippen LogP contribution >= 0.6 is 0 Å². The molecule has 26 heavy (non-hydrogen) atoms. The Morgan fingerprint density at radius 2 is 1.31 bits per heavy atom. The third-order valence-corrected chi connectivity index (χ3v) is 4.95. The second-order valence-electron chi connectivity index (χ2n) is 6.81. The maximum absolute atomic E-state index is 11.7. The molecule has 0 saturated heterocycles. The molecule has 8 bridgehead atoms. The van der Waals surface area contributed by atoms with Gasteiger partial charge >= 0.3 is 0 Å². The van der Waals surface area contributed by atoms with Crippen LogP contribution in [0.4, 0.5) is 0 Å². The Kier molecular flexibility index (Phi) is 3.45. The summed E-state index contributed by atoms with van der Waals surface area (Å²) in [5.74, 6) is 0. The molecule has 0 fully saturated rings. The molecule has 0 unspecified atom stereocenters. The first kappa shape index (κ1) is 15.1. The van der Waals surface area contributed by atoms with Crippen LogP contribution in [0.15, 0.2) is 42.5 Å². The van der Waals surface area contributed by atoms with E-state index < -0.39 is 0 Å². The van der Waals surface area contributed by atoms with Crippen molar-refractivity contribution in [2.45, 2.75) is 25.7 Å². The van der Waals surface area contributed by atoms with Crippen LogP contribution in [0, 0.1) is 0 Å². The van der Waals surface area contributed by atoms with E-state index in [0.717, 1.165) is 76.8 Å². The number of aromatic amines is 2. The van der Waals surface area contributed by atoms with E-state index in [4.69, 9.17) is 9.97 Å². The molecule has 2 N–H and O–H groups in total. The molecule has 5 rings (SSSR count). The number of hydrogen-bond donors (Lipinski definition) is 2. The van der Waals surface area contributed by atoms with Crippen molar-refractivity contribution < 1.29 is 4.79 Å². The Bertz CT molecular complexity index is 1170. The molecule has 3 aromatic rings. The van der Waals surface area contributed by atoms with Gasteiger partial charge in [0.2, 0.25) is 0 Å². The zero-order valence-electron chi connectivity index (χ0n) is 14.2. The van der Waals surface area contributed by atoms with Gasteiger partial charge in [-0.25, -0.2) is 0 Å². The fourth-order valence-corrected chi connectivity index (χ4v) is 3.67. The Balaban J connectivity index is 1.86. The molecule has 2 aliphatic heterocycles. The van der Waals surface area contributed by atoms with Gasteiger partial charge < -0.3 is 9.97 Å². The standard InChI is InChI=1S/C21H18N4O/c26-12-19-20-7-5-17(24-20)10-15-3-1-13(22-15)9-14-2-4-16(23-14)11-18-6-8-21(19)25-18/h1,3,6,8-12,22,25H,2,4-5,7H2. The van der Waals surface area contributed by atoms with Crippen LogP contribution in [0.1, 0.15) is 33.1 Å². The van der Waals surface area contributed by atoms with Crippen molar-refractivity contribution >= 4 is 28.4 Å². The number of nitrogens with zero attached hydrogens (tertiary/aromatic N) is 2. The molecule has 0 radical (unpaired) electrons. The molecule has 3 aromatic heterocycles. The Morgan fingerprint density at radius 1 is 0.731 bits per heavy atom. The van der Waals surface area contributed by atoms with Gasteiger partial charge in [0.1, 0.15) is 0 Å². The maximum Gasteiger partial charge on any atom is 0.153 e. The second-order valence-corrected chi connectivity index (χ2v) is 6.81. The molecular formula is C21H18N4O. The fourth-order valence-electron chi connectivity index (χ4n) is 3.67. The summed E-state index contributed by atoms with van der Waals surface area (Å²) in [6.07, 6.45) is 4.39. The van der Waals surface area contributed by atoms with Crippen molar-refractivity contribution in [1.82, 2.24) is 19.9 Å². The van der Waals surface area contributed by atoms with Crippen molar-refractivity contribution in [2.24, 2.45) is 0 Å². The monoisotopic (exact) mass is 342 g/mol. The van der Waals surface area contributed by atoms with Crippen molar-refractivity contribution in [3.05, 3.63) is 70.8 Å². The predicted molar refractivity (Wildman–Crippen MR) is 101 cm³/mol. The lowest BCUT2D eigenvalue weighted by molar-refractivity contribution is 0.112. The van der Waals surface area contributed by atoms with Gasteiger partial charge in [-0.2, -0.15) is 0 Å². The zero-order valence-corrected chi connectivity index (χ0v) is 14.2. The zero-order chi connectivity index (χ0) is 17.5. The summed E-state index contributed by atoms with van der Waals surface area (Å²) in [6, 6.07) is 14.3.